The molecule has 19 aromatic rings. The standard InChI is InChI=1S/C87H56N4O/c1-87(2)75-25-13-9-21-63(75)72-49-55(34-46-76(72)87)53-29-37-61(38-30-53)90-78-27-15-11-23-65(78)69-44-45-71-73-50-57(35-47-79(73)89(86(71)84(69)90)60-19-7-4-8-20-60)58-33-41-66-70-43-42-68-64-22-10-14-26-77(64)88(59-17-5-3-6-18-59)83(68)85(70)91(80(66)52-58)62-39-31-54(32-40-62)56-36-48-82-74(51-56)67-24-12-16-28-81(67)92-82/h3-52H,1-2H3. The van der Waals surface area contributed by atoms with Gasteiger partial charge in [0.25, 0.3) is 0 Å². The van der Waals surface area contributed by atoms with E-state index in [4.69, 9.17) is 4.42 Å². The lowest BCUT2D eigenvalue weighted by molar-refractivity contribution is 0.660. The van der Waals surface area contributed by atoms with E-state index in [-0.39, 0.29) is 5.41 Å². The van der Waals surface area contributed by atoms with Gasteiger partial charge in [-0.1, -0.05) is 214 Å². The second kappa shape index (κ2) is 19.1. The molecule has 0 aliphatic heterocycles. The van der Waals surface area contributed by atoms with Crippen LogP contribution in [0.1, 0.15) is 25.0 Å². The van der Waals surface area contributed by atoms with E-state index in [0.29, 0.717) is 0 Å². The maximum Gasteiger partial charge on any atom is 0.135 e. The van der Waals surface area contributed by atoms with Gasteiger partial charge in [-0.2, -0.15) is 0 Å². The van der Waals surface area contributed by atoms with Crippen LogP contribution in [0.15, 0.2) is 308 Å². The molecule has 5 heterocycles. The van der Waals surface area contributed by atoms with Crippen LogP contribution >= 0.6 is 0 Å². The smallest absolute Gasteiger partial charge is 0.135 e. The minimum absolute atomic E-state index is 0.0386. The molecule has 1 aliphatic rings. The summed E-state index contributed by atoms with van der Waals surface area (Å²) in [5.41, 5.74) is 28.0. The summed E-state index contributed by atoms with van der Waals surface area (Å²) >= 11 is 0. The summed E-state index contributed by atoms with van der Waals surface area (Å²) in [6, 6.07) is 112. The van der Waals surface area contributed by atoms with E-state index >= 15 is 0 Å². The van der Waals surface area contributed by atoms with Crippen molar-refractivity contribution in [2.45, 2.75) is 19.3 Å². The van der Waals surface area contributed by atoms with Gasteiger partial charge in [0, 0.05) is 82.0 Å². The molecule has 0 unspecified atom stereocenters. The average molecular weight is 1170 g/mol. The van der Waals surface area contributed by atoms with Gasteiger partial charge in [-0.3, -0.25) is 0 Å². The number of hydrogen-bond donors (Lipinski definition) is 0. The van der Waals surface area contributed by atoms with E-state index in [1.807, 2.05) is 12.1 Å². The van der Waals surface area contributed by atoms with E-state index in [1.165, 1.54) is 110 Å². The summed E-state index contributed by atoms with van der Waals surface area (Å²) in [5.74, 6) is 0. The van der Waals surface area contributed by atoms with Crippen LogP contribution in [-0.4, -0.2) is 18.3 Å². The van der Waals surface area contributed by atoms with Gasteiger partial charge >= 0.3 is 0 Å². The molecule has 0 bridgehead atoms. The van der Waals surface area contributed by atoms with Crippen molar-refractivity contribution >= 4 is 109 Å². The summed E-state index contributed by atoms with van der Waals surface area (Å²) in [6.45, 7) is 4.70. The van der Waals surface area contributed by atoms with E-state index in [2.05, 4.69) is 323 Å². The third-order valence-electron chi connectivity index (χ3n) is 20.4. The molecule has 430 valence electrons. The van der Waals surface area contributed by atoms with Crippen molar-refractivity contribution in [3.05, 3.63) is 314 Å². The Morgan fingerprint density at radius 1 is 0.228 bits per heavy atom. The third kappa shape index (κ3) is 7.19. The van der Waals surface area contributed by atoms with Gasteiger partial charge in [0.2, 0.25) is 0 Å². The predicted octanol–water partition coefficient (Wildman–Crippen LogP) is 23.3. The number of nitrogens with zero attached hydrogens (tertiary/aromatic N) is 4. The van der Waals surface area contributed by atoms with Crippen molar-refractivity contribution in [3.63, 3.8) is 0 Å². The molecular formula is C87H56N4O. The van der Waals surface area contributed by atoms with Crippen molar-refractivity contribution in [1.82, 2.24) is 18.3 Å². The minimum atomic E-state index is -0.0386. The Kier molecular flexibility index (Phi) is 10.6. The third-order valence-corrected chi connectivity index (χ3v) is 20.4. The highest BCUT2D eigenvalue weighted by molar-refractivity contribution is 6.26. The average Bonchev–Trinajstić information content (AvgIpc) is 1.55. The number of furan rings is 1. The number of hydrogen-bond acceptors (Lipinski definition) is 1. The first-order valence-electron chi connectivity index (χ1n) is 31.9. The van der Waals surface area contributed by atoms with Gasteiger partial charge in [-0.05, 0) is 159 Å². The Bertz CT molecular complexity index is 6310. The maximum absolute atomic E-state index is 6.26. The zero-order chi connectivity index (χ0) is 60.5. The normalized spacial score (nSPS) is 13.0. The fourth-order valence-corrected chi connectivity index (χ4v) is 16.1. The summed E-state index contributed by atoms with van der Waals surface area (Å²) in [4.78, 5) is 0. The van der Waals surface area contributed by atoms with E-state index in [9.17, 15) is 0 Å². The molecule has 0 radical (unpaired) electrons. The molecule has 0 atom stereocenters. The van der Waals surface area contributed by atoms with Crippen molar-refractivity contribution < 1.29 is 4.42 Å². The van der Waals surface area contributed by atoms with Crippen LogP contribution in [-0.2, 0) is 5.41 Å². The van der Waals surface area contributed by atoms with E-state index < -0.39 is 0 Å². The lowest BCUT2D eigenvalue weighted by Gasteiger charge is -2.21. The summed E-state index contributed by atoms with van der Waals surface area (Å²) < 4.78 is 16.3. The molecule has 14 aromatic carbocycles. The van der Waals surface area contributed by atoms with Gasteiger partial charge in [-0.15, -0.1) is 0 Å². The Morgan fingerprint density at radius 2 is 0.609 bits per heavy atom. The Balaban J connectivity index is 0.783. The maximum atomic E-state index is 6.26. The summed E-state index contributed by atoms with van der Waals surface area (Å²) in [7, 11) is 0. The molecule has 5 heteroatoms. The zero-order valence-corrected chi connectivity index (χ0v) is 50.6. The molecule has 0 saturated heterocycles. The molecule has 0 amide bonds. The molecule has 92 heavy (non-hydrogen) atoms. The molecule has 5 nitrogen and oxygen atoms in total. The van der Waals surface area contributed by atoms with Gasteiger partial charge in [0.1, 0.15) is 11.2 Å². The first-order chi connectivity index (χ1) is 45.4. The molecule has 0 fully saturated rings. The fraction of sp³-hybridized carbons (Fsp3) is 0.0345. The largest absolute Gasteiger partial charge is 0.456 e. The number of para-hydroxylation sites is 5. The second-order valence-corrected chi connectivity index (χ2v) is 25.6. The van der Waals surface area contributed by atoms with E-state index in [1.54, 1.807) is 0 Å². The number of fused-ring (bicyclic) bond motifs is 20. The van der Waals surface area contributed by atoms with Gasteiger partial charge in [-0.25, -0.2) is 0 Å². The van der Waals surface area contributed by atoms with Crippen molar-refractivity contribution in [2.75, 3.05) is 0 Å². The van der Waals surface area contributed by atoms with Crippen LogP contribution in [0.5, 0.6) is 0 Å². The molecule has 20 rings (SSSR count). The molecule has 0 saturated carbocycles. The van der Waals surface area contributed by atoms with Gasteiger partial charge in [0.05, 0.1) is 44.1 Å². The number of benzene rings is 14. The molecule has 0 N–H and O–H groups in total. The van der Waals surface area contributed by atoms with Crippen molar-refractivity contribution in [1.29, 1.82) is 0 Å². The monoisotopic (exact) mass is 1170 g/mol. The van der Waals surface area contributed by atoms with Crippen LogP contribution < -0.4 is 0 Å². The topological polar surface area (TPSA) is 32.9 Å². The highest BCUT2D eigenvalue weighted by Gasteiger charge is 2.35. The second-order valence-electron chi connectivity index (χ2n) is 25.6. The Hall–Kier alpha value is -11.9. The fourth-order valence-electron chi connectivity index (χ4n) is 16.1. The van der Waals surface area contributed by atoms with Crippen molar-refractivity contribution in [3.8, 4) is 67.3 Å². The van der Waals surface area contributed by atoms with Crippen molar-refractivity contribution in [2.24, 2.45) is 0 Å². The van der Waals surface area contributed by atoms with Crippen LogP contribution in [0.25, 0.3) is 176 Å². The molecular weight excluding hydrogens is 1120 g/mol. The van der Waals surface area contributed by atoms with E-state index in [0.717, 1.165) is 78.0 Å². The summed E-state index contributed by atoms with van der Waals surface area (Å²) in [5, 5.41) is 11.9. The summed E-state index contributed by atoms with van der Waals surface area (Å²) in [6.07, 6.45) is 0. The number of rotatable bonds is 7. The van der Waals surface area contributed by atoms with Crippen LogP contribution in [0.3, 0.4) is 0 Å². The lowest BCUT2D eigenvalue weighted by atomic mass is 9.82. The first-order valence-corrected chi connectivity index (χ1v) is 31.9. The molecule has 5 aromatic heterocycles. The Morgan fingerprint density at radius 3 is 1.23 bits per heavy atom. The zero-order valence-electron chi connectivity index (χ0n) is 50.6. The quantitative estimate of drug-likeness (QED) is 0.157. The highest BCUT2D eigenvalue weighted by Crippen LogP contribution is 2.51. The molecule has 1 aliphatic carbocycles. The lowest BCUT2D eigenvalue weighted by Crippen LogP contribution is -2.14. The number of aromatic nitrogens is 4. The minimum Gasteiger partial charge on any atom is -0.456 e. The Labute approximate surface area is 529 Å². The SMILES string of the molecule is CC1(C)c2ccccc2-c2cc(-c3ccc(-n4c5ccccc5c5ccc6c7cc(-c8ccc9c%10ccc%11c%12ccccc%12n(-c%12ccccc%12)c%11c%10n(-c%10ccc(-c%11ccc%12oc%13ccccc%13c%12c%11)cc%10)c9c8)ccc7n(-c7ccccc7)c6c54)cc3)ccc21. The predicted molar refractivity (Wildman–Crippen MR) is 385 cm³/mol. The van der Waals surface area contributed by atoms with Gasteiger partial charge < -0.3 is 22.7 Å². The van der Waals surface area contributed by atoms with Gasteiger partial charge in [0.15, 0.2) is 0 Å². The first kappa shape index (κ1) is 51.0. The van der Waals surface area contributed by atoms with Crippen LogP contribution in [0.4, 0.5) is 0 Å². The van der Waals surface area contributed by atoms with Crippen LogP contribution in [0, 0.1) is 0 Å². The van der Waals surface area contributed by atoms with Crippen LogP contribution in [0.2, 0.25) is 0 Å². The highest BCUT2D eigenvalue weighted by atomic mass is 16.3. The molecule has 0 spiro atoms.